The van der Waals surface area contributed by atoms with E-state index in [-0.39, 0.29) is 48.0 Å². The number of aromatic nitrogens is 3. The predicted molar refractivity (Wildman–Crippen MR) is 171 cm³/mol. The van der Waals surface area contributed by atoms with E-state index in [9.17, 15) is 18.8 Å². The molecule has 240 valence electrons. The number of ether oxygens (including phenoxy) is 2. The fourth-order valence-corrected chi connectivity index (χ4v) is 7.10. The SMILES string of the molecule is CCOC(=O)N1CCC2(CC1)N(CC)C(=O)c1c(OCc3ccccc3)c(=O)c(-c3nnc(Cc4ccc(F)cc4)s3)cn1N2C. The Morgan fingerprint density at radius 2 is 1.72 bits per heavy atom. The molecule has 1 spiro atoms. The molecule has 11 nitrogen and oxygen atoms in total. The van der Waals surface area contributed by atoms with Crippen molar-refractivity contribution in [2.24, 2.45) is 0 Å². The lowest BCUT2D eigenvalue weighted by molar-refractivity contribution is -0.000813. The van der Waals surface area contributed by atoms with Gasteiger partial charge in [-0.15, -0.1) is 10.2 Å². The predicted octanol–water partition coefficient (Wildman–Crippen LogP) is 4.67. The van der Waals surface area contributed by atoms with E-state index in [1.54, 1.807) is 39.7 Å². The molecule has 0 aliphatic carbocycles. The Labute approximate surface area is 269 Å². The minimum atomic E-state index is -0.764. The summed E-state index contributed by atoms with van der Waals surface area (Å²) in [5.41, 5.74) is 0.855. The number of amides is 2. The van der Waals surface area contributed by atoms with Crippen LogP contribution in [0.3, 0.4) is 0 Å². The van der Waals surface area contributed by atoms with Crippen LogP contribution in [-0.2, 0) is 17.8 Å². The number of benzene rings is 2. The molecule has 0 bridgehead atoms. The summed E-state index contributed by atoms with van der Waals surface area (Å²) in [6.07, 6.45) is 2.64. The molecule has 0 unspecified atom stereocenters. The smallest absolute Gasteiger partial charge is 0.409 e. The number of hydrogen-bond donors (Lipinski definition) is 0. The number of hydrogen-bond acceptors (Lipinski definition) is 9. The summed E-state index contributed by atoms with van der Waals surface area (Å²) < 4.78 is 26.6. The maximum atomic E-state index is 14.4. The minimum absolute atomic E-state index is 0.0641. The Balaban J connectivity index is 1.42. The number of fused-ring (bicyclic) bond motifs is 1. The van der Waals surface area contributed by atoms with Crippen molar-refractivity contribution < 1.29 is 23.5 Å². The summed E-state index contributed by atoms with van der Waals surface area (Å²) in [5, 5.41) is 11.7. The van der Waals surface area contributed by atoms with Crippen molar-refractivity contribution in [3.8, 4) is 16.3 Å². The lowest BCUT2D eigenvalue weighted by atomic mass is 9.92. The molecule has 4 heterocycles. The van der Waals surface area contributed by atoms with Gasteiger partial charge in [0, 0.05) is 52.1 Å². The summed E-state index contributed by atoms with van der Waals surface area (Å²) in [6.45, 7) is 5.23. The molecule has 4 aromatic rings. The van der Waals surface area contributed by atoms with Crippen molar-refractivity contribution in [1.29, 1.82) is 0 Å². The second-order valence-corrected chi connectivity index (χ2v) is 12.3. The first-order chi connectivity index (χ1) is 22.3. The summed E-state index contributed by atoms with van der Waals surface area (Å²) in [5.74, 6) is -0.714. The Morgan fingerprint density at radius 1 is 1.00 bits per heavy atom. The summed E-state index contributed by atoms with van der Waals surface area (Å²) in [4.78, 5) is 44.4. The van der Waals surface area contributed by atoms with Crippen molar-refractivity contribution >= 4 is 23.3 Å². The largest absolute Gasteiger partial charge is 0.482 e. The minimum Gasteiger partial charge on any atom is -0.482 e. The van der Waals surface area contributed by atoms with E-state index < -0.39 is 11.1 Å². The van der Waals surface area contributed by atoms with Gasteiger partial charge < -0.3 is 19.3 Å². The molecular weight excluding hydrogens is 611 g/mol. The number of rotatable bonds is 8. The topological polar surface area (TPSA) is 110 Å². The molecule has 6 rings (SSSR count). The molecule has 1 saturated heterocycles. The van der Waals surface area contributed by atoms with Crippen LogP contribution in [0.25, 0.3) is 10.6 Å². The second kappa shape index (κ2) is 12.9. The molecule has 2 aromatic carbocycles. The molecule has 2 aromatic heterocycles. The van der Waals surface area contributed by atoms with E-state index in [4.69, 9.17) is 9.47 Å². The average Bonchev–Trinajstić information content (AvgIpc) is 3.53. The number of carbonyl (C=O) groups excluding carboxylic acids is 2. The molecule has 0 N–H and O–H groups in total. The average molecular weight is 647 g/mol. The maximum absolute atomic E-state index is 14.4. The van der Waals surface area contributed by atoms with E-state index in [1.165, 1.54) is 23.5 Å². The van der Waals surface area contributed by atoms with Gasteiger partial charge in [0.2, 0.25) is 5.43 Å². The molecule has 46 heavy (non-hydrogen) atoms. The molecule has 2 amide bonds. The van der Waals surface area contributed by atoms with Crippen LogP contribution in [0.1, 0.15) is 53.3 Å². The van der Waals surface area contributed by atoms with Crippen molar-refractivity contribution in [2.75, 3.05) is 38.3 Å². The van der Waals surface area contributed by atoms with Crippen LogP contribution < -0.4 is 15.2 Å². The first kappa shape index (κ1) is 31.2. The Bertz CT molecular complexity index is 1790. The van der Waals surface area contributed by atoms with Gasteiger partial charge in [-0.3, -0.25) is 19.3 Å². The highest BCUT2D eigenvalue weighted by Gasteiger charge is 2.51. The van der Waals surface area contributed by atoms with E-state index in [0.717, 1.165) is 11.1 Å². The first-order valence-electron chi connectivity index (χ1n) is 15.3. The van der Waals surface area contributed by atoms with Crippen LogP contribution in [-0.4, -0.2) is 75.6 Å². The second-order valence-electron chi connectivity index (χ2n) is 11.2. The van der Waals surface area contributed by atoms with Crippen molar-refractivity contribution in [1.82, 2.24) is 24.7 Å². The highest BCUT2D eigenvalue weighted by Crippen LogP contribution is 2.39. The monoisotopic (exact) mass is 646 g/mol. The van der Waals surface area contributed by atoms with Crippen molar-refractivity contribution in [2.45, 2.75) is 45.4 Å². The summed E-state index contributed by atoms with van der Waals surface area (Å²) >= 11 is 1.26. The third kappa shape index (κ3) is 5.70. The van der Waals surface area contributed by atoms with E-state index in [0.29, 0.717) is 48.9 Å². The van der Waals surface area contributed by atoms with Gasteiger partial charge in [0.1, 0.15) is 23.1 Å². The number of carbonyl (C=O) groups is 2. The van der Waals surface area contributed by atoms with Crippen LogP contribution in [0.2, 0.25) is 0 Å². The van der Waals surface area contributed by atoms with Gasteiger partial charge in [-0.05, 0) is 37.1 Å². The Hall–Kier alpha value is -4.78. The van der Waals surface area contributed by atoms with Gasteiger partial charge in [0.15, 0.2) is 16.5 Å². The zero-order valence-electron chi connectivity index (χ0n) is 25.9. The van der Waals surface area contributed by atoms with Crippen LogP contribution in [0.4, 0.5) is 9.18 Å². The molecule has 13 heteroatoms. The number of piperidine rings is 1. The van der Waals surface area contributed by atoms with Crippen LogP contribution in [0.15, 0.2) is 65.6 Å². The van der Waals surface area contributed by atoms with Crippen LogP contribution in [0, 0.1) is 5.82 Å². The van der Waals surface area contributed by atoms with Gasteiger partial charge in [-0.25, -0.2) is 9.18 Å². The first-order valence-corrected chi connectivity index (χ1v) is 16.1. The lowest BCUT2D eigenvalue weighted by Crippen LogP contribution is -2.72. The van der Waals surface area contributed by atoms with E-state index in [1.807, 2.05) is 49.3 Å². The number of pyridine rings is 1. The van der Waals surface area contributed by atoms with Gasteiger partial charge in [-0.2, -0.15) is 0 Å². The van der Waals surface area contributed by atoms with Gasteiger partial charge >= 0.3 is 6.09 Å². The Morgan fingerprint density at radius 3 is 2.39 bits per heavy atom. The molecule has 2 aliphatic rings. The third-order valence-electron chi connectivity index (χ3n) is 8.62. The number of nitrogens with zero attached hydrogens (tertiary/aromatic N) is 6. The molecule has 1 fully saturated rings. The molecule has 0 atom stereocenters. The highest BCUT2D eigenvalue weighted by molar-refractivity contribution is 7.14. The fraction of sp³-hybridized carbons (Fsp3) is 0.364. The fourth-order valence-electron chi connectivity index (χ4n) is 6.22. The number of halogens is 1. The lowest BCUT2D eigenvalue weighted by Gasteiger charge is -2.56. The third-order valence-corrected chi connectivity index (χ3v) is 9.58. The van der Waals surface area contributed by atoms with Crippen molar-refractivity contribution in [3.63, 3.8) is 0 Å². The molecule has 0 saturated carbocycles. The van der Waals surface area contributed by atoms with Crippen LogP contribution >= 0.6 is 11.3 Å². The summed E-state index contributed by atoms with van der Waals surface area (Å²) in [6, 6.07) is 15.6. The van der Waals surface area contributed by atoms with E-state index >= 15 is 0 Å². The molecule has 0 radical (unpaired) electrons. The molecular formula is C33H35FN6O5S. The quantitative estimate of drug-likeness (QED) is 0.272. The number of likely N-dealkylation sites (tertiary alicyclic amines) is 1. The zero-order valence-corrected chi connectivity index (χ0v) is 26.8. The Kier molecular flexibility index (Phi) is 8.76. The zero-order chi connectivity index (χ0) is 32.4. The normalized spacial score (nSPS) is 15.7. The van der Waals surface area contributed by atoms with E-state index in [2.05, 4.69) is 10.2 Å². The van der Waals surface area contributed by atoms with Gasteiger partial charge in [0.25, 0.3) is 5.91 Å². The van der Waals surface area contributed by atoms with Gasteiger partial charge in [-0.1, -0.05) is 53.8 Å². The van der Waals surface area contributed by atoms with Crippen LogP contribution in [0.5, 0.6) is 5.75 Å². The van der Waals surface area contributed by atoms with Gasteiger partial charge in [0.05, 0.1) is 12.2 Å². The standard InChI is InChI=1S/C33H35FN6O5S/c1-4-39-31(42)27-29(45-21-23-9-7-6-8-10-23)28(41)25(30-36-35-26(46-30)19-22-11-13-24(34)14-12-22)20-40(27)37(3)33(39)15-17-38(18-16-33)32(43)44-5-2/h6-14,20H,4-5,15-19,21H2,1-3H3. The van der Waals surface area contributed by atoms with Crippen molar-refractivity contribution in [3.05, 3.63) is 98.7 Å². The highest BCUT2D eigenvalue weighted by atomic mass is 32.1. The molecule has 2 aliphatic heterocycles. The maximum Gasteiger partial charge on any atom is 0.409 e. The summed E-state index contributed by atoms with van der Waals surface area (Å²) in [7, 11) is 1.88.